The van der Waals surface area contributed by atoms with Crippen LogP contribution in [0.3, 0.4) is 0 Å². The molecule has 92 valence electrons. The number of hydrogen-bond donors (Lipinski definition) is 1. The molecule has 0 saturated carbocycles. The summed E-state index contributed by atoms with van der Waals surface area (Å²) in [4.78, 5) is 8.29. The van der Waals surface area contributed by atoms with Crippen LogP contribution in [0.4, 0.5) is 0 Å². The van der Waals surface area contributed by atoms with Gasteiger partial charge in [-0.25, -0.2) is 4.98 Å². The molecule has 0 aliphatic rings. The van der Waals surface area contributed by atoms with E-state index >= 15 is 0 Å². The van der Waals surface area contributed by atoms with E-state index < -0.39 is 0 Å². The van der Waals surface area contributed by atoms with Crippen molar-refractivity contribution in [1.82, 2.24) is 15.1 Å². The fraction of sp³-hybridized carbons (Fsp3) is 0.333. The van der Waals surface area contributed by atoms with Crippen LogP contribution in [-0.2, 0) is 0 Å². The van der Waals surface area contributed by atoms with Crippen LogP contribution in [0.2, 0.25) is 0 Å². The van der Waals surface area contributed by atoms with Gasteiger partial charge in [-0.3, -0.25) is 0 Å². The van der Waals surface area contributed by atoms with E-state index in [1.165, 1.54) is 6.20 Å². The van der Waals surface area contributed by atoms with Gasteiger partial charge < -0.3 is 10.3 Å². The molecule has 2 rings (SSSR count). The minimum absolute atomic E-state index is 0.226. The molecule has 0 aliphatic carbocycles. The van der Waals surface area contributed by atoms with Gasteiger partial charge in [-0.2, -0.15) is 10.2 Å². The van der Waals surface area contributed by atoms with E-state index in [4.69, 9.17) is 15.5 Å². The third-order valence-electron chi connectivity index (χ3n) is 2.57. The van der Waals surface area contributed by atoms with Crippen molar-refractivity contribution < 1.29 is 4.52 Å². The van der Waals surface area contributed by atoms with E-state index in [0.717, 1.165) is 0 Å². The number of hydrogen-bond acceptors (Lipinski definition) is 6. The molecule has 0 fully saturated rings. The summed E-state index contributed by atoms with van der Waals surface area (Å²) in [6.07, 6.45) is 1.46. The maximum atomic E-state index is 8.68. The SMILES string of the molecule is CC(C)C(N)c1noc(-c2ccc(C#N)cn2)n1. The van der Waals surface area contributed by atoms with Crippen LogP contribution in [0.5, 0.6) is 0 Å². The van der Waals surface area contributed by atoms with E-state index in [9.17, 15) is 0 Å². The Morgan fingerprint density at radius 1 is 1.39 bits per heavy atom. The van der Waals surface area contributed by atoms with Crippen LogP contribution in [0, 0.1) is 17.2 Å². The van der Waals surface area contributed by atoms with Gasteiger partial charge in [0.15, 0.2) is 5.82 Å². The van der Waals surface area contributed by atoms with Gasteiger partial charge in [-0.15, -0.1) is 0 Å². The van der Waals surface area contributed by atoms with Crippen molar-refractivity contribution in [2.45, 2.75) is 19.9 Å². The molecule has 0 radical (unpaired) electrons. The number of rotatable bonds is 3. The number of pyridine rings is 1. The smallest absolute Gasteiger partial charge is 0.276 e. The lowest BCUT2D eigenvalue weighted by Gasteiger charge is -2.09. The first-order valence-electron chi connectivity index (χ1n) is 5.57. The second-order valence-electron chi connectivity index (χ2n) is 4.27. The standard InChI is InChI=1S/C12H13N5O/c1-7(2)10(14)11-16-12(18-17-11)9-4-3-8(5-13)6-15-9/h3-4,6-7,10H,14H2,1-2H3. The zero-order chi connectivity index (χ0) is 13.1. The normalized spacial score (nSPS) is 12.4. The Kier molecular flexibility index (Phi) is 3.35. The third-order valence-corrected chi connectivity index (χ3v) is 2.57. The van der Waals surface area contributed by atoms with Gasteiger partial charge in [-0.05, 0) is 18.1 Å². The van der Waals surface area contributed by atoms with Crippen molar-refractivity contribution in [2.24, 2.45) is 11.7 Å². The van der Waals surface area contributed by atoms with Gasteiger partial charge in [0.2, 0.25) is 0 Å². The lowest BCUT2D eigenvalue weighted by Crippen LogP contribution is -2.18. The molecule has 2 heterocycles. The Labute approximate surface area is 104 Å². The van der Waals surface area contributed by atoms with E-state index in [0.29, 0.717) is 23.0 Å². The molecule has 6 heteroatoms. The summed E-state index contributed by atoms with van der Waals surface area (Å²) < 4.78 is 5.11. The summed E-state index contributed by atoms with van der Waals surface area (Å²) in [6, 6.07) is 5.04. The Balaban J connectivity index is 2.26. The summed E-state index contributed by atoms with van der Waals surface area (Å²) in [7, 11) is 0. The van der Waals surface area contributed by atoms with Crippen LogP contribution in [0.15, 0.2) is 22.9 Å². The maximum absolute atomic E-state index is 8.68. The fourth-order valence-corrected chi connectivity index (χ4v) is 1.36. The topological polar surface area (TPSA) is 102 Å². The van der Waals surface area contributed by atoms with Crippen molar-refractivity contribution in [3.05, 3.63) is 29.7 Å². The first kappa shape index (κ1) is 12.2. The zero-order valence-corrected chi connectivity index (χ0v) is 10.2. The van der Waals surface area contributed by atoms with E-state index in [1.54, 1.807) is 12.1 Å². The lowest BCUT2D eigenvalue weighted by molar-refractivity contribution is 0.399. The average molecular weight is 243 g/mol. The second-order valence-corrected chi connectivity index (χ2v) is 4.27. The predicted molar refractivity (Wildman–Crippen MR) is 64.0 cm³/mol. The number of nitriles is 1. The Bertz CT molecular complexity index is 567. The molecule has 0 bridgehead atoms. The molecular formula is C12H13N5O. The van der Waals surface area contributed by atoms with Crippen LogP contribution >= 0.6 is 0 Å². The second kappa shape index (κ2) is 4.94. The molecule has 0 aliphatic heterocycles. The van der Waals surface area contributed by atoms with E-state index in [-0.39, 0.29) is 12.0 Å². The first-order valence-corrected chi connectivity index (χ1v) is 5.57. The molecule has 1 atom stereocenters. The van der Waals surface area contributed by atoms with Crippen molar-refractivity contribution in [2.75, 3.05) is 0 Å². The Morgan fingerprint density at radius 2 is 2.17 bits per heavy atom. The highest BCUT2D eigenvalue weighted by Gasteiger charge is 2.18. The molecule has 1 unspecified atom stereocenters. The Hall–Kier alpha value is -2.26. The summed E-state index contributed by atoms with van der Waals surface area (Å²) in [5, 5.41) is 12.5. The Morgan fingerprint density at radius 3 is 2.72 bits per heavy atom. The summed E-state index contributed by atoms with van der Waals surface area (Å²) in [5.41, 5.74) is 6.94. The lowest BCUT2D eigenvalue weighted by atomic mass is 10.1. The van der Waals surface area contributed by atoms with Gasteiger partial charge in [0, 0.05) is 6.20 Å². The molecule has 0 aromatic carbocycles. The molecule has 6 nitrogen and oxygen atoms in total. The summed E-state index contributed by atoms with van der Waals surface area (Å²) >= 11 is 0. The summed E-state index contributed by atoms with van der Waals surface area (Å²) in [5.74, 6) is 1.00. The highest BCUT2D eigenvalue weighted by Crippen LogP contribution is 2.20. The van der Waals surface area contributed by atoms with Gasteiger partial charge in [0.05, 0.1) is 11.6 Å². The number of nitrogens with two attached hydrogens (primary N) is 1. The minimum Gasteiger partial charge on any atom is -0.332 e. The van der Waals surface area contributed by atoms with E-state index in [1.807, 2.05) is 19.9 Å². The monoisotopic (exact) mass is 243 g/mol. The average Bonchev–Trinajstić information content (AvgIpc) is 2.87. The molecule has 0 saturated heterocycles. The highest BCUT2D eigenvalue weighted by atomic mass is 16.5. The fourth-order valence-electron chi connectivity index (χ4n) is 1.36. The predicted octanol–water partition coefficient (Wildman–Crippen LogP) is 1.66. The van der Waals surface area contributed by atoms with Crippen LogP contribution in [0.25, 0.3) is 11.6 Å². The third kappa shape index (κ3) is 2.36. The van der Waals surface area contributed by atoms with Crippen molar-refractivity contribution in [1.29, 1.82) is 5.26 Å². The van der Waals surface area contributed by atoms with Gasteiger partial charge in [-0.1, -0.05) is 19.0 Å². The van der Waals surface area contributed by atoms with Crippen LogP contribution in [-0.4, -0.2) is 15.1 Å². The largest absolute Gasteiger partial charge is 0.332 e. The van der Waals surface area contributed by atoms with Crippen molar-refractivity contribution in [3.8, 4) is 17.7 Å². The molecule has 0 spiro atoms. The molecule has 18 heavy (non-hydrogen) atoms. The quantitative estimate of drug-likeness (QED) is 0.879. The van der Waals surface area contributed by atoms with Gasteiger partial charge in [0.1, 0.15) is 11.8 Å². The van der Waals surface area contributed by atoms with Crippen LogP contribution in [0.1, 0.15) is 31.3 Å². The van der Waals surface area contributed by atoms with Gasteiger partial charge in [0.25, 0.3) is 5.89 Å². The number of nitrogens with zero attached hydrogens (tertiary/aromatic N) is 4. The number of aromatic nitrogens is 3. The van der Waals surface area contributed by atoms with Crippen molar-refractivity contribution in [3.63, 3.8) is 0 Å². The maximum Gasteiger partial charge on any atom is 0.276 e. The zero-order valence-electron chi connectivity index (χ0n) is 10.2. The molecule has 2 aromatic rings. The summed E-state index contributed by atoms with van der Waals surface area (Å²) in [6.45, 7) is 3.97. The minimum atomic E-state index is -0.263. The van der Waals surface area contributed by atoms with Gasteiger partial charge >= 0.3 is 0 Å². The molecule has 2 N–H and O–H groups in total. The highest BCUT2D eigenvalue weighted by molar-refractivity contribution is 5.47. The first-order chi connectivity index (χ1) is 8.61. The van der Waals surface area contributed by atoms with Crippen LogP contribution < -0.4 is 5.73 Å². The van der Waals surface area contributed by atoms with E-state index in [2.05, 4.69) is 15.1 Å². The van der Waals surface area contributed by atoms with Crippen molar-refractivity contribution >= 4 is 0 Å². The molecule has 0 amide bonds. The molecule has 2 aromatic heterocycles. The molecular weight excluding hydrogens is 230 g/mol.